The highest BCUT2D eigenvalue weighted by Crippen LogP contribution is 2.49. The third-order valence-corrected chi connectivity index (χ3v) is 9.05. The van der Waals surface area contributed by atoms with Crippen molar-refractivity contribution in [2.75, 3.05) is 5.32 Å². The van der Waals surface area contributed by atoms with Crippen molar-refractivity contribution in [3.05, 3.63) is 70.8 Å². The molecule has 39 heavy (non-hydrogen) atoms. The molecule has 0 bridgehead atoms. The first-order chi connectivity index (χ1) is 18.6. The van der Waals surface area contributed by atoms with Crippen molar-refractivity contribution >= 4 is 46.1 Å². The number of benzene rings is 2. The fraction of sp³-hybridized carbons (Fsp3) is 0.448. The summed E-state index contributed by atoms with van der Waals surface area (Å²) in [6.45, 7) is 8.97. The van der Waals surface area contributed by atoms with Gasteiger partial charge in [-0.25, -0.2) is 0 Å². The minimum Gasteiger partial charge on any atom is -0.306 e. The number of hydrogen-bond acceptors (Lipinski definition) is 6. The van der Waals surface area contributed by atoms with E-state index in [1.807, 2.05) is 29.2 Å². The summed E-state index contributed by atoms with van der Waals surface area (Å²) in [6.07, 6.45) is 3.73. The summed E-state index contributed by atoms with van der Waals surface area (Å²) < 4.78 is 0.873. The van der Waals surface area contributed by atoms with Gasteiger partial charge in [0.2, 0.25) is 0 Å². The van der Waals surface area contributed by atoms with Crippen molar-refractivity contribution in [2.24, 2.45) is 16.3 Å². The number of anilines is 1. The lowest BCUT2D eigenvalue weighted by atomic mass is 9.69. The Morgan fingerprint density at radius 3 is 2.51 bits per heavy atom. The molecule has 1 spiro atoms. The van der Waals surface area contributed by atoms with Crippen molar-refractivity contribution in [1.82, 2.24) is 25.5 Å². The van der Waals surface area contributed by atoms with E-state index in [2.05, 4.69) is 88.4 Å². The van der Waals surface area contributed by atoms with Gasteiger partial charge in [-0.05, 0) is 78.5 Å². The molecule has 2 aliphatic rings. The Balaban J connectivity index is 1.44. The van der Waals surface area contributed by atoms with Gasteiger partial charge in [0, 0.05) is 15.6 Å². The normalized spacial score (nSPS) is 22.2. The fourth-order valence-corrected chi connectivity index (χ4v) is 6.36. The molecule has 5 rings (SSSR count). The standard InChI is InChI=1S/C29H34IN7O2/c1-18(20-8-10-21(11-9-20)25(38)31-27-33-35-36-34-27)37-26(39)24(22-7-5-6-19(16-22)17-30)32-29(37)14-12-23(13-15-29)28(2,3)4/h5-11,16,18,23H,12-15,17H2,1-4H3,(H2,31,33,34,35,36,38)/t18-,23?,29?/m1/s1. The van der Waals surface area contributed by atoms with Gasteiger partial charge in [0.25, 0.3) is 17.8 Å². The minimum atomic E-state index is -0.567. The predicted octanol–water partition coefficient (Wildman–Crippen LogP) is 5.71. The van der Waals surface area contributed by atoms with Gasteiger partial charge in [0.15, 0.2) is 0 Å². The number of H-pyrrole nitrogens is 1. The second-order valence-corrected chi connectivity index (χ2v) is 12.3. The van der Waals surface area contributed by atoms with Gasteiger partial charge < -0.3 is 4.90 Å². The van der Waals surface area contributed by atoms with Crippen LogP contribution in [0.15, 0.2) is 53.5 Å². The van der Waals surface area contributed by atoms with Gasteiger partial charge in [-0.15, -0.1) is 5.10 Å². The number of aromatic nitrogens is 4. The number of carbonyl (C=O) groups is 2. The minimum absolute atomic E-state index is 0.0266. The highest BCUT2D eigenvalue weighted by molar-refractivity contribution is 14.1. The Hall–Kier alpha value is -3.15. The van der Waals surface area contributed by atoms with E-state index in [0.29, 0.717) is 17.2 Å². The molecule has 1 aromatic heterocycles. The maximum atomic E-state index is 14.1. The second kappa shape index (κ2) is 10.8. The van der Waals surface area contributed by atoms with Crippen LogP contribution in [-0.4, -0.2) is 48.7 Å². The molecule has 0 radical (unpaired) electrons. The molecule has 1 aliphatic heterocycles. The number of nitrogens with one attached hydrogen (secondary N) is 2. The van der Waals surface area contributed by atoms with Crippen LogP contribution < -0.4 is 5.32 Å². The molecule has 2 heterocycles. The highest BCUT2D eigenvalue weighted by Gasteiger charge is 2.51. The number of alkyl halides is 1. The number of halogens is 1. The summed E-state index contributed by atoms with van der Waals surface area (Å²) >= 11 is 2.34. The topological polar surface area (TPSA) is 116 Å². The molecule has 0 saturated heterocycles. The van der Waals surface area contributed by atoms with E-state index in [-0.39, 0.29) is 29.2 Å². The number of hydrogen-bond donors (Lipinski definition) is 2. The lowest BCUT2D eigenvalue weighted by Crippen LogP contribution is -2.50. The zero-order valence-corrected chi connectivity index (χ0v) is 24.9. The lowest BCUT2D eigenvalue weighted by molar-refractivity contribution is -0.132. The molecule has 2 N–H and O–H groups in total. The summed E-state index contributed by atoms with van der Waals surface area (Å²) in [5, 5.41) is 15.9. The Kier molecular flexibility index (Phi) is 7.58. The number of rotatable bonds is 6. The largest absolute Gasteiger partial charge is 0.306 e. The number of tetrazole rings is 1. The van der Waals surface area contributed by atoms with E-state index in [9.17, 15) is 9.59 Å². The molecule has 9 nitrogen and oxygen atoms in total. The van der Waals surface area contributed by atoms with E-state index in [1.165, 1.54) is 5.56 Å². The molecule has 2 amide bonds. The maximum absolute atomic E-state index is 14.1. The second-order valence-electron chi connectivity index (χ2n) is 11.6. The third-order valence-electron chi connectivity index (χ3n) is 8.17. The predicted molar refractivity (Wildman–Crippen MR) is 159 cm³/mol. The highest BCUT2D eigenvalue weighted by atomic mass is 127. The van der Waals surface area contributed by atoms with Crippen LogP contribution in [0.1, 0.15) is 86.5 Å². The van der Waals surface area contributed by atoms with Crippen LogP contribution in [0.2, 0.25) is 0 Å². The Morgan fingerprint density at radius 2 is 1.90 bits per heavy atom. The average molecular weight is 640 g/mol. The summed E-state index contributed by atoms with van der Waals surface area (Å²) in [4.78, 5) is 34.0. The van der Waals surface area contributed by atoms with Crippen LogP contribution in [0.5, 0.6) is 0 Å². The number of aromatic amines is 1. The Bertz CT molecular complexity index is 1370. The fourth-order valence-electron chi connectivity index (χ4n) is 5.89. The van der Waals surface area contributed by atoms with Crippen molar-refractivity contribution in [3.8, 4) is 0 Å². The Morgan fingerprint density at radius 1 is 1.18 bits per heavy atom. The molecule has 204 valence electrons. The first-order valence-electron chi connectivity index (χ1n) is 13.3. The maximum Gasteiger partial charge on any atom is 0.275 e. The third kappa shape index (κ3) is 5.48. The van der Waals surface area contributed by atoms with Crippen molar-refractivity contribution in [2.45, 2.75) is 69.5 Å². The monoisotopic (exact) mass is 639 g/mol. The molecular formula is C29H34IN7O2. The number of nitrogens with zero attached hydrogens (tertiary/aromatic N) is 5. The quantitative estimate of drug-likeness (QED) is 0.265. The van der Waals surface area contributed by atoms with Crippen molar-refractivity contribution in [1.29, 1.82) is 0 Å². The molecule has 0 unspecified atom stereocenters. The van der Waals surface area contributed by atoms with Crippen LogP contribution in [0.3, 0.4) is 0 Å². The van der Waals surface area contributed by atoms with Gasteiger partial charge >= 0.3 is 0 Å². The van der Waals surface area contributed by atoms with Gasteiger partial charge in [0.1, 0.15) is 11.4 Å². The van der Waals surface area contributed by atoms with Crippen LogP contribution in [-0.2, 0) is 9.22 Å². The van der Waals surface area contributed by atoms with E-state index in [4.69, 9.17) is 4.99 Å². The van der Waals surface area contributed by atoms with Gasteiger partial charge in [-0.3, -0.25) is 19.9 Å². The zero-order chi connectivity index (χ0) is 27.8. The van der Waals surface area contributed by atoms with E-state index in [1.54, 1.807) is 12.1 Å². The van der Waals surface area contributed by atoms with E-state index in [0.717, 1.165) is 41.2 Å². The number of amides is 2. The molecule has 1 fully saturated rings. The first kappa shape index (κ1) is 27.4. The van der Waals surface area contributed by atoms with Crippen LogP contribution in [0.25, 0.3) is 0 Å². The van der Waals surface area contributed by atoms with Crippen LogP contribution in [0, 0.1) is 11.3 Å². The van der Waals surface area contributed by atoms with Crippen molar-refractivity contribution < 1.29 is 9.59 Å². The SMILES string of the molecule is C[C@H](c1ccc(C(=O)Nc2nn[nH]n2)cc1)N1C(=O)C(c2cccc(CI)c2)=NC12CCC(C(C)(C)C)CC2. The van der Waals surface area contributed by atoms with Gasteiger partial charge in [-0.2, -0.15) is 5.21 Å². The summed E-state index contributed by atoms with van der Waals surface area (Å²) in [7, 11) is 0. The summed E-state index contributed by atoms with van der Waals surface area (Å²) in [5.41, 5.74) is 3.69. The molecular weight excluding hydrogens is 605 g/mol. The number of carbonyl (C=O) groups excluding carboxylic acids is 2. The lowest BCUT2D eigenvalue weighted by Gasteiger charge is -2.46. The molecule has 2 aromatic carbocycles. The average Bonchev–Trinajstić information content (AvgIpc) is 3.54. The van der Waals surface area contributed by atoms with Crippen LogP contribution >= 0.6 is 22.6 Å². The molecule has 1 saturated carbocycles. The van der Waals surface area contributed by atoms with Crippen molar-refractivity contribution in [3.63, 3.8) is 0 Å². The number of aliphatic imine (C=N–C) groups is 1. The molecule has 3 aromatic rings. The van der Waals surface area contributed by atoms with E-state index < -0.39 is 5.66 Å². The van der Waals surface area contributed by atoms with Crippen LogP contribution in [0.4, 0.5) is 5.95 Å². The smallest absolute Gasteiger partial charge is 0.275 e. The van der Waals surface area contributed by atoms with Gasteiger partial charge in [0.05, 0.1) is 6.04 Å². The van der Waals surface area contributed by atoms with Gasteiger partial charge in [-0.1, -0.05) is 78.8 Å². The summed E-state index contributed by atoms with van der Waals surface area (Å²) in [6, 6.07) is 15.3. The summed E-state index contributed by atoms with van der Waals surface area (Å²) in [5.74, 6) is 0.352. The molecule has 10 heteroatoms. The van der Waals surface area contributed by atoms with E-state index >= 15 is 0 Å². The zero-order valence-electron chi connectivity index (χ0n) is 22.7. The Labute approximate surface area is 242 Å². The molecule has 1 atom stereocenters. The first-order valence-corrected chi connectivity index (χ1v) is 14.9. The molecule has 1 aliphatic carbocycles.